The van der Waals surface area contributed by atoms with Crippen LogP contribution in [0.3, 0.4) is 0 Å². The molecule has 0 saturated carbocycles. The number of ether oxygens (including phenoxy) is 1. The number of nitro benzene ring substituents is 1. The molecule has 1 unspecified atom stereocenters. The van der Waals surface area contributed by atoms with Gasteiger partial charge in [-0.25, -0.2) is 0 Å². The molecule has 0 fully saturated rings. The van der Waals surface area contributed by atoms with Crippen LogP contribution in [0.4, 0.5) is 5.69 Å². The third-order valence-electron chi connectivity index (χ3n) is 3.80. The van der Waals surface area contributed by atoms with Gasteiger partial charge in [-0.2, -0.15) is 0 Å². The Morgan fingerprint density at radius 2 is 1.92 bits per heavy atom. The first-order valence-corrected chi connectivity index (χ1v) is 7.82. The first kappa shape index (κ1) is 18.4. The van der Waals surface area contributed by atoms with Gasteiger partial charge in [-0.1, -0.05) is 18.2 Å². The van der Waals surface area contributed by atoms with Crippen LogP contribution in [0.25, 0.3) is 0 Å². The van der Waals surface area contributed by atoms with E-state index in [2.05, 4.69) is 5.32 Å². The molecular weight excluding hydrogens is 324 g/mol. The zero-order valence-electron chi connectivity index (χ0n) is 13.8. The molecule has 0 aliphatic heterocycles. The highest BCUT2D eigenvalue weighted by Gasteiger charge is 2.12. The van der Waals surface area contributed by atoms with Crippen molar-refractivity contribution in [3.8, 4) is 5.75 Å². The summed E-state index contributed by atoms with van der Waals surface area (Å²) in [6, 6.07) is 13.1. The Bertz CT molecular complexity index is 731. The Kier molecular flexibility index (Phi) is 6.47. The molecule has 0 aliphatic carbocycles. The van der Waals surface area contributed by atoms with E-state index in [4.69, 9.17) is 4.74 Å². The van der Waals surface area contributed by atoms with Crippen LogP contribution in [-0.4, -0.2) is 29.6 Å². The van der Waals surface area contributed by atoms with Gasteiger partial charge in [0.05, 0.1) is 18.1 Å². The first-order valence-electron chi connectivity index (χ1n) is 7.82. The van der Waals surface area contributed by atoms with Crippen molar-refractivity contribution < 1.29 is 19.6 Å². The summed E-state index contributed by atoms with van der Waals surface area (Å²) in [7, 11) is 1.58. The summed E-state index contributed by atoms with van der Waals surface area (Å²) in [4.78, 5) is 22.0. The number of carbonyl (C=O) groups is 1. The number of rotatable bonds is 8. The third kappa shape index (κ3) is 5.29. The van der Waals surface area contributed by atoms with Crippen molar-refractivity contribution in [3.05, 3.63) is 69.8 Å². The third-order valence-corrected chi connectivity index (χ3v) is 3.80. The number of benzene rings is 2. The van der Waals surface area contributed by atoms with E-state index >= 15 is 0 Å². The smallest absolute Gasteiger partial charge is 0.269 e. The number of hydrogen-bond acceptors (Lipinski definition) is 5. The number of methoxy groups -OCH3 is 1. The van der Waals surface area contributed by atoms with E-state index in [9.17, 15) is 20.0 Å². The van der Waals surface area contributed by atoms with E-state index in [0.717, 1.165) is 11.3 Å². The number of aryl methyl sites for hydroxylation is 1. The van der Waals surface area contributed by atoms with Gasteiger partial charge in [-0.3, -0.25) is 14.9 Å². The molecule has 7 heteroatoms. The molecule has 1 amide bonds. The van der Waals surface area contributed by atoms with Gasteiger partial charge in [0.15, 0.2) is 0 Å². The number of carbonyl (C=O) groups excluding carboxylic acids is 1. The molecule has 1 atom stereocenters. The predicted octanol–water partition coefficient (Wildman–Crippen LogP) is 2.39. The zero-order chi connectivity index (χ0) is 18.2. The summed E-state index contributed by atoms with van der Waals surface area (Å²) < 4.78 is 5.24. The largest absolute Gasteiger partial charge is 0.496 e. The number of amides is 1. The Balaban J connectivity index is 1.82. The molecule has 7 nitrogen and oxygen atoms in total. The lowest BCUT2D eigenvalue weighted by Crippen LogP contribution is -2.28. The summed E-state index contributed by atoms with van der Waals surface area (Å²) >= 11 is 0. The van der Waals surface area contributed by atoms with E-state index in [1.54, 1.807) is 7.11 Å². The zero-order valence-corrected chi connectivity index (χ0v) is 13.8. The fourth-order valence-corrected chi connectivity index (χ4v) is 2.39. The van der Waals surface area contributed by atoms with Crippen molar-refractivity contribution in [1.82, 2.24) is 5.32 Å². The van der Waals surface area contributed by atoms with E-state index < -0.39 is 11.0 Å². The molecule has 2 aromatic rings. The number of nitrogens with one attached hydrogen (secondary N) is 1. The van der Waals surface area contributed by atoms with Crippen LogP contribution in [-0.2, 0) is 11.2 Å². The predicted molar refractivity (Wildman–Crippen MR) is 92.4 cm³/mol. The standard InChI is InChI=1S/C18H20N2O5/c1-25-17-5-3-2-4-14(17)8-11-18(22)19-12-16(21)13-6-9-15(10-7-13)20(23)24/h2-7,9-10,16,21H,8,11-12H2,1H3,(H,19,22). The second kappa shape index (κ2) is 8.79. The van der Waals surface area contributed by atoms with Crippen molar-refractivity contribution in [1.29, 1.82) is 0 Å². The molecule has 0 bridgehead atoms. The van der Waals surface area contributed by atoms with E-state index in [1.807, 2.05) is 24.3 Å². The number of aliphatic hydroxyl groups is 1. The van der Waals surface area contributed by atoms with Crippen LogP contribution >= 0.6 is 0 Å². The fraction of sp³-hybridized carbons (Fsp3) is 0.278. The van der Waals surface area contributed by atoms with E-state index in [0.29, 0.717) is 12.0 Å². The van der Waals surface area contributed by atoms with Crippen molar-refractivity contribution in [3.63, 3.8) is 0 Å². The molecule has 132 valence electrons. The Labute approximate surface area is 145 Å². The number of para-hydroxylation sites is 1. The minimum absolute atomic E-state index is 0.0442. The lowest BCUT2D eigenvalue weighted by molar-refractivity contribution is -0.384. The maximum Gasteiger partial charge on any atom is 0.269 e. The van der Waals surface area contributed by atoms with E-state index in [1.165, 1.54) is 24.3 Å². The summed E-state index contributed by atoms with van der Waals surface area (Å²) in [6.07, 6.45) is -0.118. The van der Waals surface area contributed by atoms with Gasteiger partial charge in [0.25, 0.3) is 5.69 Å². The maximum atomic E-state index is 11.9. The highest BCUT2D eigenvalue weighted by atomic mass is 16.6. The number of nitro groups is 1. The molecule has 0 saturated heterocycles. The number of non-ortho nitro benzene ring substituents is 1. The van der Waals surface area contributed by atoms with Crippen molar-refractivity contribution >= 4 is 11.6 Å². The van der Waals surface area contributed by atoms with Gasteiger partial charge in [0.2, 0.25) is 5.91 Å². The second-order valence-electron chi connectivity index (χ2n) is 5.48. The second-order valence-corrected chi connectivity index (χ2v) is 5.48. The maximum absolute atomic E-state index is 11.9. The van der Waals surface area contributed by atoms with E-state index in [-0.39, 0.29) is 24.6 Å². The first-order chi connectivity index (χ1) is 12.0. The molecule has 2 aromatic carbocycles. The topological polar surface area (TPSA) is 102 Å². The van der Waals surface area contributed by atoms with Crippen molar-refractivity contribution in [2.45, 2.75) is 18.9 Å². The molecule has 0 aromatic heterocycles. The van der Waals surface area contributed by atoms with Gasteiger partial charge >= 0.3 is 0 Å². The highest BCUT2D eigenvalue weighted by molar-refractivity contribution is 5.76. The Hall–Kier alpha value is -2.93. The molecular formula is C18H20N2O5. The average Bonchev–Trinajstić information content (AvgIpc) is 2.64. The Morgan fingerprint density at radius 3 is 2.56 bits per heavy atom. The van der Waals surface area contributed by atoms with Crippen LogP contribution in [0.5, 0.6) is 5.75 Å². The summed E-state index contributed by atoms with van der Waals surface area (Å²) in [5.74, 6) is 0.549. The van der Waals surface area contributed by atoms with Crippen LogP contribution < -0.4 is 10.1 Å². The fourth-order valence-electron chi connectivity index (χ4n) is 2.39. The monoisotopic (exact) mass is 344 g/mol. The minimum Gasteiger partial charge on any atom is -0.496 e. The molecule has 0 spiro atoms. The average molecular weight is 344 g/mol. The number of nitrogens with zero attached hydrogens (tertiary/aromatic N) is 1. The lowest BCUT2D eigenvalue weighted by atomic mass is 10.1. The van der Waals surface area contributed by atoms with Crippen LogP contribution in [0, 0.1) is 10.1 Å². The van der Waals surface area contributed by atoms with Crippen LogP contribution in [0.15, 0.2) is 48.5 Å². The molecule has 0 aliphatic rings. The summed E-state index contributed by atoms with van der Waals surface area (Å²) in [5.41, 5.74) is 1.41. The normalized spacial score (nSPS) is 11.6. The highest BCUT2D eigenvalue weighted by Crippen LogP contribution is 2.19. The molecule has 2 N–H and O–H groups in total. The molecule has 0 heterocycles. The molecule has 25 heavy (non-hydrogen) atoms. The summed E-state index contributed by atoms with van der Waals surface area (Å²) in [6.45, 7) is 0.0442. The summed E-state index contributed by atoms with van der Waals surface area (Å²) in [5, 5.41) is 23.3. The van der Waals surface area contributed by atoms with Crippen LogP contribution in [0.2, 0.25) is 0 Å². The van der Waals surface area contributed by atoms with Gasteiger partial charge in [0.1, 0.15) is 5.75 Å². The van der Waals surface area contributed by atoms with Crippen LogP contribution in [0.1, 0.15) is 23.7 Å². The van der Waals surface area contributed by atoms with Gasteiger partial charge in [0, 0.05) is 25.1 Å². The lowest BCUT2D eigenvalue weighted by Gasteiger charge is -2.12. The minimum atomic E-state index is -0.920. The van der Waals surface area contributed by atoms with Gasteiger partial charge in [-0.15, -0.1) is 0 Å². The van der Waals surface area contributed by atoms with Gasteiger partial charge in [-0.05, 0) is 35.7 Å². The van der Waals surface area contributed by atoms with Crippen molar-refractivity contribution in [2.24, 2.45) is 0 Å². The number of hydrogen-bond donors (Lipinski definition) is 2. The van der Waals surface area contributed by atoms with Crippen molar-refractivity contribution in [2.75, 3.05) is 13.7 Å². The molecule has 2 rings (SSSR count). The molecule has 0 radical (unpaired) electrons. The quantitative estimate of drug-likeness (QED) is 0.565. The SMILES string of the molecule is COc1ccccc1CCC(=O)NCC(O)c1ccc([N+](=O)[O-])cc1. The van der Waals surface area contributed by atoms with Gasteiger partial charge < -0.3 is 15.2 Å². The number of aliphatic hydroxyl groups excluding tert-OH is 1. The Morgan fingerprint density at radius 1 is 1.24 bits per heavy atom.